The van der Waals surface area contributed by atoms with Crippen LogP contribution in [0.5, 0.6) is 0 Å². The lowest BCUT2D eigenvalue weighted by Gasteiger charge is -2.32. The first-order valence-corrected chi connectivity index (χ1v) is 9.26. The Bertz CT molecular complexity index is 778. The minimum atomic E-state index is -3.91. The molecule has 1 heterocycles. The highest BCUT2D eigenvalue weighted by Gasteiger charge is 2.33. The molecule has 24 heavy (non-hydrogen) atoms. The number of carbonyl (C=O) groups is 2. The van der Waals surface area contributed by atoms with E-state index >= 15 is 0 Å². The van der Waals surface area contributed by atoms with Crippen molar-refractivity contribution in [2.45, 2.75) is 31.1 Å². The monoisotopic (exact) mass is 374 g/mol. The van der Waals surface area contributed by atoms with Gasteiger partial charge in [-0.15, -0.1) is 0 Å². The highest BCUT2D eigenvalue weighted by atomic mass is 35.5. The van der Waals surface area contributed by atoms with Crippen molar-refractivity contribution in [1.29, 1.82) is 0 Å². The molecule has 132 valence electrons. The topological polar surface area (TPSA) is 118 Å². The van der Waals surface area contributed by atoms with Crippen LogP contribution in [0.3, 0.4) is 0 Å². The molecule has 0 saturated carbocycles. The lowest BCUT2D eigenvalue weighted by Crippen LogP contribution is -2.41. The van der Waals surface area contributed by atoms with E-state index in [0.717, 1.165) is 6.42 Å². The van der Waals surface area contributed by atoms with Crippen molar-refractivity contribution in [3.63, 3.8) is 0 Å². The first-order valence-electron chi connectivity index (χ1n) is 7.44. The van der Waals surface area contributed by atoms with Crippen LogP contribution in [0.4, 0.5) is 0 Å². The molecule has 1 fully saturated rings. The van der Waals surface area contributed by atoms with Gasteiger partial charge >= 0.3 is 5.97 Å². The number of carbonyl (C=O) groups excluding carboxylic acids is 1. The molecule has 1 aliphatic rings. The molecule has 0 aliphatic carbocycles. The summed E-state index contributed by atoms with van der Waals surface area (Å²) in [5.74, 6) is -1.84. The van der Waals surface area contributed by atoms with Crippen LogP contribution in [-0.2, 0) is 14.8 Å². The van der Waals surface area contributed by atoms with E-state index in [0.29, 0.717) is 13.0 Å². The van der Waals surface area contributed by atoms with Crippen LogP contribution in [0.25, 0.3) is 0 Å². The van der Waals surface area contributed by atoms with Gasteiger partial charge < -0.3 is 10.8 Å². The molecular formula is C15H19ClN2O5S. The third-order valence-electron chi connectivity index (χ3n) is 4.14. The molecule has 3 N–H and O–H groups in total. The van der Waals surface area contributed by atoms with Crippen LogP contribution < -0.4 is 5.73 Å². The van der Waals surface area contributed by atoms with Crippen molar-refractivity contribution < 1.29 is 23.1 Å². The van der Waals surface area contributed by atoms with Crippen molar-refractivity contribution >= 4 is 33.5 Å². The Balaban J connectivity index is 2.40. The molecule has 0 bridgehead atoms. The highest BCUT2D eigenvalue weighted by molar-refractivity contribution is 7.89. The Morgan fingerprint density at radius 3 is 2.67 bits per heavy atom. The number of hydrogen-bond acceptors (Lipinski definition) is 4. The van der Waals surface area contributed by atoms with Gasteiger partial charge in [0.15, 0.2) is 0 Å². The number of hydrogen-bond donors (Lipinski definition) is 2. The molecule has 1 aromatic rings. The molecule has 2 rings (SSSR count). The van der Waals surface area contributed by atoms with Crippen LogP contribution in [0.1, 0.15) is 35.2 Å². The molecule has 1 amide bonds. The van der Waals surface area contributed by atoms with E-state index in [4.69, 9.17) is 17.3 Å². The zero-order chi connectivity index (χ0) is 18.1. The van der Waals surface area contributed by atoms with E-state index in [1.807, 2.05) is 0 Å². The molecule has 7 nitrogen and oxygen atoms in total. The zero-order valence-electron chi connectivity index (χ0n) is 13.2. The number of carboxylic acid groups (broad SMARTS) is 1. The van der Waals surface area contributed by atoms with Crippen LogP contribution >= 0.6 is 11.6 Å². The predicted molar refractivity (Wildman–Crippen MR) is 88.4 cm³/mol. The third kappa shape index (κ3) is 3.88. The highest BCUT2D eigenvalue weighted by Crippen LogP contribution is 2.30. The summed E-state index contributed by atoms with van der Waals surface area (Å²) in [7, 11) is -3.91. The number of halogens is 1. The van der Waals surface area contributed by atoms with Gasteiger partial charge in [0.05, 0.1) is 10.5 Å². The van der Waals surface area contributed by atoms with E-state index < -0.39 is 21.9 Å². The summed E-state index contributed by atoms with van der Waals surface area (Å²) < 4.78 is 27.1. The van der Waals surface area contributed by atoms with Gasteiger partial charge in [-0.25, -0.2) is 13.2 Å². The second-order valence-electron chi connectivity index (χ2n) is 5.92. The van der Waals surface area contributed by atoms with E-state index in [2.05, 4.69) is 0 Å². The fourth-order valence-corrected chi connectivity index (χ4v) is 5.09. The summed E-state index contributed by atoms with van der Waals surface area (Å²) in [6.07, 6.45) is 1.47. The standard InChI is InChI=1S/C15H19ClN2O5S/c1-9-12(15(20)21)6-11(16)7-13(9)24(22,23)18-4-2-3-10(8-18)5-14(17)19/h6-7,10H,2-5,8H2,1H3,(H2,17,19)(H,20,21). The molecule has 1 aliphatic heterocycles. The number of sulfonamides is 1. The largest absolute Gasteiger partial charge is 0.478 e. The summed E-state index contributed by atoms with van der Waals surface area (Å²) in [6, 6.07) is 2.49. The number of nitrogens with two attached hydrogens (primary N) is 1. The Morgan fingerprint density at radius 1 is 1.42 bits per heavy atom. The number of amides is 1. The molecule has 9 heteroatoms. The van der Waals surface area contributed by atoms with Crippen LogP contribution in [0, 0.1) is 12.8 Å². The van der Waals surface area contributed by atoms with Gasteiger partial charge in [-0.1, -0.05) is 11.6 Å². The van der Waals surface area contributed by atoms with E-state index in [1.54, 1.807) is 0 Å². The smallest absolute Gasteiger partial charge is 0.336 e. The maximum Gasteiger partial charge on any atom is 0.336 e. The van der Waals surface area contributed by atoms with Gasteiger partial charge in [-0.2, -0.15) is 4.31 Å². The molecule has 1 saturated heterocycles. The third-order valence-corrected chi connectivity index (χ3v) is 6.35. The summed E-state index contributed by atoms with van der Waals surface area (Å²) in [4.78, 5) is 22.2. The van der Waals surface area contributed by atoms with Gasteiger partial charge in [-0.3, -0.25) is 4.79 Å². The average Bonchev–Trinajstić information content (AvgIpc) is 2.48. The normalized spacial score (nSPS) is 19.2. The Hall–Kier alpha value is -1.64. The molecule has 1 atom stereocenters. The second-order valence-corrected chi connectivity index (χ2v) is 8.27. The summed E-state index contributed by atoms with van der Waals surface area (Å²) in [5.41, 5.74) is 5.19. The Labute approximate surface area is 145 Å². The molecule has 1 aromatic carbocycles. The van der Waals surface area contributed by atoms with Crippen molar-refractivity contribution in [1.82, 2.24) is 4.31 Å². The molecular weight excluding hydrogens is 356 g/mol. The van der Waals surface area contributed by atoms with Gasteiger partial charge in [-0.05, 0) is 43.4 Å². The van der Waals surface area contributed by atoms with E-state index in [-0.39, 0.29) is 39.9 Å². The quantitative estimate of drug-likeness (QED) is 0.811. The number of aromatic carboxylic acids is 1. The Kier molecular flexibility index (Phi) is 5.52. The first kappa shape index (κ1) is 18.7. The van der Waals surface area contributed by atoms with Gasteiger partial charge in [0.25, 0.3) is 0 Å². The number of nitrogens with zero attached hydrogens (tertiary/aromatic N) is 1. The lowest BCUT2D eigenvalue weighted by atomic mass is 9.96. The van der Waals surface area contributed by atoms with Crippen molar-refractivity contribution in [3.05, 3.63) is 28.3 Å². The second kappa shape index (κ2) is 7.08. The van der Waals surface area contributed by atoms with Gasteiger partial charge in [0, 0.05) is 24.5 Å². The molecule has 0 aromatic heterocycles. The van der Waals surface area contributed by atoms with Crippen molar-refractivity contribution in [3.8, 4) is 0 Å². The lowest BCUT2D eigenvalue weighted by molar-refractivity contribution is -0.119. The van der Waals surface area contributed by atoms with Crippen LogP contribution in [-0.4, -0.2) is 42.8 Å². The fraction of sp³-hybridized carbons (Fsp3) is 0.467. The first-order chi connectivity index (χ1) is 11.1. The molecule has 0 radical (unpaired) electrons. The van der Waals surface area contributed by atoms with Gasteiger partial charge in [0.2, 0.25) is 15.9 Å². The SMILES string of the molecule is Cc1c(C(=O)O)cc(Cl)cc1S(=O)(=O)N1CCCC(CC(N)=O)C1. The minimum Gasteiger partial charge on any atom is -0.478 e. The summed E-state index contributed by atoms with van der Waals surface area (Å²) in [5, 5.41) is 9.26. The minimum absolute atomic E-state index is 0.0438. The fourth-order valence-electron chi connectivity index (χ4n) is 2.98. The van der Waals surface area contributed by atoms with Crippen molar-refractivity contribution in [2.75, 3.05) is 13.1 Å². The maximum absolute atomic E-state index is 12.9. The maximum atomic E-state index is 12.9. The van der Waals surface area contributed by atoms with Crippen LogP contribution in [0.15, 0.2) is 17.0 Å². The molecule has 0 spiro atoms. The molecule has 1 unspecified atom stereocenters. The van der Waals surface area contributed by atoms with Crippen molar-refractivity contribution in [2.24, 2.45) is 11.7 Å². The average molecular weight is 375 g/mol. The van der Waals surface area contributed by atoms with Gasteiger partial charge in [0.1, 0.15) is 0 Å². The van der Waals surface area contributed by atoms with E-state index in [9.17, 15) is 23.1 Å². The summed E-state index contributed by atoms with van der Waals surface area (Å²) in [6.45, 7) is 1.93. The number of rotatable bonds is 5. The van der Waals surface area contributed by atoms with Crippen LogP contribution in [0.2, 0.25) is 5.02 Å². The van der Waals surface area contributed by atoms with E-state index in [1.165, 1.54) is 23.4 Å². The zero-order valence-corrected chi connectivity index (χ0v) is 14.7. The number of piperidine rings is 1. The number of primary amides is 1. The Morgan fingerprint density at radius 2 is 2.08 bits per heavy atom. The summed E-state index contributed by atoms with van der Waals surface area (Å²) >= 11 is 5.90. The number of carboxylic acids is 1. The number of benzene rings is 1. The predicted octanol–water partition coefficient (Wildman–Crippen LogP) is 1.62.